The van der Waals surface area contributed by atoms with Gasteiger partial charge in [-0.15, -0.1) is 0 Å². The van der Waals surface area contributed by atoms with E-state index in [9.17, 15) is 4.79 Å². The molecule has 0 saturated carbocycles. The minimum Gasteiger partial charge on any atom is -0.352 e. The van der Waals surface area contributed by atoms with Crippen LogP contribution in [0.4, 0.5) is 0 Å². The Labute approximate surface area is 120 Å². The van der Waals surface area contributed by atoms with Crippen LogP contribution in [0.15, 0.2) is 42.5 Å². The first-order valence-electron chi connectivity index (χ1n) is 6.93. The van der Waals surface area contributed by atoms with Crippen LogP contribution < -0.4 is 5.32 Å². The average molecular weight is 267 g/mol. The van der Waals surface area contributed by atoms with E-state index in [0.29, 0.717) is 13.0 Å². The Balaban J connectivity index is 1.94. The highest BCUT2D eigenvalue weighted by Gasteiger charge is 2.06. The van der Waals surface area contributed by atoms with Crippen molar-refractivity contribution in [2.75, 3.05) is 0 Å². The monoisotopic (exact) mass is 267 g/mol. The van der Waals surface area contributed by atoms with Gasteiger partial charge in [-0.25, -0.2) is 0 Å². The van der Waals surface area contributed by atoms with Gasteiger partial charge in [0, 0.05) is 6.54 Å². The zero-order valence-electron chi connectivity index (χ0n) is 12.4. The molecule has 104 valence electrons. The van der Waals surface area contributed by atoms with E-state index in [1.165, 1.54) is 22.3 Å². The maximum Gasteiger partial charge on any atom is 0.224 e. The van der Waals surface area contributed by atoms with Gasteiger partial charge in [-0.05, 0) is 43.0 Å². The van der Waals surface area contributed by atoms with Gasteiger partial charge in [-0.1, -0.05) is 48.0 Å². The Morgan fingerprint density at radius 3 is 2.40 bits per heavy atom. The second-order valence-electron chi connectivity index (χ2n) is 5.31. The van der Waals surface area contributed by atoms with Gasteiger partial charge in [0.05, 0.1) is 6.42 Å². The van der Waals surface area contributed by atoms with Gasteiger partial charge >= 0.3 is 0 Å². The molecule has 1 N–H and O–H groups in total. The third-order valence-electron chi connectivity index (χ3n) is 3.59. The summed E-state index contributed by atoms with van der Waals surface area (Å²) in [6, 6.07) is 14.3. The molecule has 0 radical (unpaired) electrons. The lowest BCUT2D eigenvalue weighted by molar-refractivity contribution is -0.120. The van der Waals surface area contributed by atoms with Gasteiger partial charge in [0.25, 0.3) is 0 Å². The highest BCUT2D eigenvalue weighted by atomic mass is 16.1. The highest BCUT2D eigenvalue weighted by Crippen LogP contribution is 2.11. The predicted molar refractivity (Wildman–Crippen MR) is 82.6 cm³/mol. The molecule has 2 aromatic rings. The molecule has 0 atom stereocenters. The van der Waals surface area contributed by atoms with E-state index < -0.39 is 0 Å². The van der Waals surface area contributed by atoms with Crippen molar-refractivity contribution in [2.24, 2.45) is 0 Å². The molecule has 2 nitrogen and oxygen atoms in total. The fourth-order valence-corrected chi connectivity index (χ4v) is 2.28. The quantitative estimate of drug-likeness (QED) is 0.903. The van der Waals surface area contributed by atoms with E-state index in [1.807, 2.05) is 24.3 Å². The molecule has 0 spiro atoms. The number of amides is 1. The third kappa shape index (κ3) is 3.70. The summed E-state index contributed by atoms with van der Waals surface area (Å²) in [7, 11) is 0. The summed E-state index contributed by atoms with van der Waals surface area (Å²) >= 11 is 0. The SMILES string of the molecule is Cc1ccc(CC(=O)NCc2ccccc2C)c(C)c1. The first-order valence-corrected chi connectivity index (χ1v) is 6.93. The fraction of sp³-hybridized carbons (Fsp3) is 0.278. The van der Waals surface area contributed by atoms with E-state index in [4.69, 9.17) is 0 Å². The lowest BCUT2D eigenvalue weighted by atomic mass is 10.0. The lowest BCUT2D eigenvalue weighted by Gasteiger charge is -2.09. The Hall–Kier alpha value is -2.09. The molecule has 0 bridgehead atoms. The molecule has 0 aliphatic rings. The van der Waals surface area contributed by atoms with Gasteiger partial charge in [0.1, 0.15) is 0 Å². The van der Waals surface area contributed by atoms with Gasteiger partial charge in [0.2, 0.25) is 5.91 Å². The van der Waals surface area contributed by atoms with E-state index in [1.54, 1.807) is 0 Å². The zero-order valence-corrected chi connectivity index (χ0v) is 12.4. The summed E-state index contributed by atoms with van der Waals surface area (Å²) in [5.74, 6) is 0.0696. The van der Waals surface area contributed by atoms with Crippen molar-refractivity contribution in [3.05, 3.63) is 70.3 Å². The molecular formula is C18H21NO. The molecular weight excluding hydrogens is 246 g/mol. The molecule has 2 aromatic carbocycles. The average Bonchev–Trinajstić information content (AvgIpc) is 2.41. The van der Waals surface area contributed by atoms with Crippen LogP contribution >= 0.6 is 0 Å². The number of aryl methyl sites for hydroxylation is 3. The van der Waals surface area contributed by atoms with Gasteiger partial charge in [-0.2, -0.15) is 0 Å². The molecule has 0 saturated heterocycles. The number of rotatable bonds is 4. The lowest BCUT2D eigenvalue weighted by Crippen LogP contribution is -2.25. The van der Waals surface area contributed by atoms with E-state index >= 15 is 0 Å². The summed E-state index contributed by atoms with van der Waals surface area (Å²) in [5.41, 5.74) is 5.88. The topological polar surface area (TPSA) is 29.1 Å². The number of carbonyl (C=O) groups excluding carboxylic acids is 1. The van der Waals surface area contributed by atoms with E-state index in [0.717, 1.165) is 5.56 Å². The summed E-state index contributed by atoms with van der Waals surface area (Å²) < 4.78 is 0. The number of nitrogens with one attached hydrogen (secondary N) is 1. The van der Waals surface area contributed by atoms with Crippen molar-refractivity contribution in [3.63, 3.8) is 0 Å². The molecule has 0 aromatic heterocycles. The number of carbonyl (C=O) groups is 1. The van der Waals surface area contributed by atoms with Crippen LogP contribution in [0.5, 0.6) is 0 Å². The first kappa shape index (κ1) is 14.3. The van der Waals surface area contributed by atoms with Crippen LogP contribution in [-0.2, 0) is 17.8 Å². The molecule has 0 aliphatic heterocycles. The molecule has 0 unspecified atom stereocenters. The summed E-state index contributed by atoms with van der Waals surface area (Å²) in [5, 5.41) is 2.99. The fourth-order valence-electron chi connectivity index (χ4n) is 2.28. The maximum absolute atomic E-state index is 12.0. The Morgan fingerprint density at radius 2 is 1.70 bits per heavy atom. The molecule has 0 heterocycles. The maximum atomic E-state index is 12.0. The van der Waals surface area contributed by atoms with Crippen LogP contribution in [0, 0.1) is 20.8 Å². The van der Waals surface area contributed by atoms with E-state index in [-0.39, 0.29) is 5.91 Å². The molecule has 2 heteroatoms. The van der Waals surface area contributed by atoms with Crippen LogP contribution in [0.25, 0.3) is 0 Å². The second kappa shape index (κ2) is 6.38. The molecule has 0 aliphatic carbocycles. The zero-order chi connectivity index (χ0) is 14.5. The van der Waals surface area contributed by atoms with Crippen LogP contribution in [0.2, 0.25) is 0 Å². The molecule has 20 heavy (non-hydrogen) atoms. The van der Waals surface area contributed by atoms with Gasteiger partial charge in [0.15, 0.2) is 0 Å². The Kier molecular flexibility index (Phi) is 4.57. The molecule has 1 amide bonds. The Bertz CT molecular complexity index is 617. The molecule has 0 fully saturated rings. The van der Waals surface area contributed by atoms with Crippen molar-refractivity contribution in [2.45, 2.75) is 33.7 Å². The summed E-state index contributed by atoms with van der Waals surface area (Å²) in [4.78, 5) is 12.0. The van der Waals surface area contributed by atoms with Gasteiger partial charge in [-0.3, -0.25) is 4.79 Å². The third-order valence-corrected chi connectivity index (χ3v) is 3.59. The highest BCUT2D eigenvalue weighted by molar-refractivity contribution is 5.79. The van der Waals surface area contributed by atoms with Crippen LogP contribution in [-0.4, -0.2) is 5.91 Å². The normalized spacial score (nSPS) is 10.3. The summed E-state index contributed by atoms with van der Waals surface area (Å²) in [6.07, 6.45) is 0.442. The smallest absolute Gasteiger partial charge is 0.224 e. The van der Waals surface area contributed by atoms with Gasteiger partial charge < -0.3 is 5.32 Å². The van der Waals surface area contributed by atoms with Crippen molar-refractivity contribution in [3.8, 4) is 0 Å². The standard InChI is InChI=1S/C18H21NO/c1-13-8-9-16(15(3)10-13)11-18(20)19-12-17-7-5-4-6-14(17)2/h4-10H,11-12H2,1-3H3,(H,19,20). The largest absolute Gasteiger partial charge is 0.352 e. The minimum atomic E-state index is 0.0696. The summed E-state index contributed by atoms with van der Waals surface area (Å²) in [6.45, 7) is 6.77. The van der Waals surface area contributed by atoms with Crippen molar-refractivity contribution in [1.82, 2.24) is 5.32 Å². The molecule has 2 rings (SSSR count). The van der Waals surface area contributed by atoms with Crippen molar-refractivity contribution in [1.29, 1.82) is 0 Å². The van der Waals surface area contributed by atoms with Crippen molar-refractivity contribution >= 4 is 5.91 Å². The number of hydrogen-bond acceptors (Lipinski definition) is 1. The second-order valence-corrected chi connectivity index (χ2v) is 5.31. The van der Waals surface area contributed by atoms with Crippen molar-refractivity contribution < 1.29 is 4.79 Å². The van der Waals surface area contributed by atoms with Crippen LogP contribution in [0.3, 0.4) is 0 Å². The predicted octanol–water partition coefficient (Wildman–Crippen LogP) is 3.47. The van der Waals surface area contributed by atoms with E-state index in [2.05, 4.69) is 44.3 Å². The first-order chi connectivity index (χ1) is 9.56. The van der Waals surface area contributed by atoms with Crippen LogP contribution in [0.1, 0.15) is 27.8 Å². The number of benzene rings is 2. The number of hydrogen-bond donors (Lipinski definition) is 1. The Morgan fingerprint density at radius 1 is 0.950 bits per heavy atom. The minimum absolute atomic E-state index is 0.0696.